The summed E-state index contributed by atoms with van der Waals surface area (Å²) in [7, 11) is 0. The average molecular weight is 624 g/mol. The lowest BCUT2D eigenvalue weighted by Gasteiger charge is -2.34. The molecule has 0 spiro atoms. The third kappa shape index (κ3) is 20.3. The van der Waals surface area contributed by atoms with Crippen LogP contribution in [0.4, 0.5) is 0 Å². The van der Waals surface area contributed by atoms with Crippen molar-refractivity contribution in [2.75, 3.05) is 85.1 Å². The van der Waals surface area contributed by atoms with Gasteiger partial charge in [0.15, 0.2) is 0 Å². The summed E-state index contributed by atoms with van der Waals surface area (Å²) < 4.78 is 16.7. The molecule has 0 bridgehead atoms. The van der Waals surface area contributed by atoms with Crippen LogP contribution in [0.25, 0.3) is 0 Å². The predicted octanol–water partition coefficient (Wildman–Crippen LogP) is 1.37. The van der Waals surface area contributed by atoms with Crippen molar-refractivity contribution in [1.82, 2.24) is 24.9 Å². The molecule has 1 rings (SSSR count). The molecule has 0 aromatic carbocycles. The Kier molecular flexibility index (Phi) is 16.3. The Labute approximate surface area is 265 Å². The quantitative estimate of drug-likeness (QED) is 0.164. The van der Waals surface area contributed by atoms with Crippen molar-refractivity contribution in [3.63, 3.8) is 0 Å². The van der Waals surface area contributed by atoms with Crippen LogP contribution in [0.15, 0.2) is 0 Å². The second kappa shape index (κ2) is 18.3. The third-order valence-corrected chi connectivity index (χ3v) is 6.21. The van der Waals surface area contributed by atoms with Gasteiger partial charge in [-0.1, -0.05) is 0 Å². The van der Waals surface area contributed by atoms with Crippen molar-refractivity contribution in [1.29, 1.82) is 0 Å². The summed E-state index contributed by atoms with van der Waals surface area (Å²) in [4.78, 5) is 59.0. The van der Waals surface area contributed by atoms with Crippen LogP contribution in [-0.4, -0.2) is 145 Å². The van der Waals surface area contributed by atoms with Crippen LogP contribution in [0.5, 0.6) is 0 Å². The van der Waals surface area contributed by atoms with Gasteiger partial charge in [-0.15, -0.1) is 12.3 Å². The molecule has 1 N–H and O–H groups in total. The summed E-state index contributed by atoms with van der Waals surface area (Å²) in [6, 6.07) is 0. The first kappa shape index (κ1) is 39.3. The lowest BCUT2D eigenvalue weighted by Crippen LogP contribution is -2.50. The molecule has 0 radical (unpaired) electrons. The molecule has 0 unspecified atom stereocenters. The Morgan fingerprint density at radius 1 is 0.568 bits per heavy atom. The molecule has 0 aromatic heterocycles. The molecular weight excluding hydrogens is 566 g/mol. The zero-order valence-electron chi connectivity index (χ0n) is 28.6. The number of rotatable bonds is 10. The Bertz CT molecular complexity index is 929. The van der Waals surface area contributed by atoms with Crippen molar-refractivity contribution >= 4 is 23.8 Å². The number of nitrogens with zero attached hydrogens (tertiary/aromatic N) is 4. The van der Waals surface area contributed by atoms with Crippen molar-refractivity contribution in [3.05, 3.63) is 0 Å². The SMILES string of the molecule is C#CCCNC(=O)CN1CCN(CC(=O)OC(C)(C)C)CCN(CC(=O)OC(C)(C)C)CCN(CC(=O)OC(C)(C)C)CC1. The Morgan fingerprint density at radius 2 is 0.841 bits per heavy atom. The molecule has 44 heavy (non-hydrogen) atoms. The number of terminal acetylenes is 1. The first-order valence-electron chi connectivity index (χ1n) is 15.5. The molecule has 252 valence electrons. The van der Waals surface area contributed by atoms with Crippen molar-refractivity contribution in [3.8, 4) is 12.3 Å². The molecule has 0 saturated carbocycles. The highest BCUT2D eigenvalue weighted by Gasteiger charge is 2.26. The minimum atomic E-state index is -0.619. The molecule has 0 aromatic rings. The van der Waals surface area contributed by atoms with Crippen LogP contribution >= 0.6 is 0 Å². The van der Waals surface area contributed by atoms with Gasteiger partial charge in [-0.2, -0.15) is 0 Å². The van der Waals surface area contributed by atoms with E-state index < -0.39 is 16.8 Å². The second-order valence-electron chi connectivity index (χ2n) is 14.2. The Morgan fingerprint density at radius 3 is 1.09 bits per heavy atom. The fourth-order valence-corrected chi connectivity index (χ4v) is 4.41. The van der Waals surface area contributed by atoms with Crippen molar-refractivity contribution in [2.24, 2.45) is 0 Å². The smallest absolute Gasteiger partial charge is 0.320 e. The lowest BCUT2D eigenvalue weighted by molar-refractivity contribution is -0.158. The van der Waals surface area contributed by atoms with E-state index in [0.717, 1.165) is 0 Å². The van der Waals surface area contributed by atoms with Crippen LogP contribution in [0, 0.1) is 12.3 Å². The number of hydrogen-bond donors (Lipinski definition) is 1. The first-order valence-corrected chi connectivity index (χ1v) is 15.5. The molecule has 1 heterocycles. The van der Waals surface area contributed by atoms with Crippen molar-refractivity contribution in [2.45, 2.75) is 85.5 Å². The van der Waals surface area contributed by atoms with E-state index in [1.165, 1.54) is 0 Å². The number of amides is 1. The highest BCUT2D eigenvalue weighted by atomic mass is 16.6. The standard InChI is InChI=1S/C32H57N5O7/c1-11-12-13-33-26(38)22-34-14-16-35(23-27(39)42-30(2,3)4)18-20-37(25-29(41)44-32(8,9)10)21-19-36(17-15-34)24-28(40)43-31(5,6)7/h1H,12-25H2,2-10H3,(H,33,38). The zero-order chi connectivity index (χ0) is 33.6. The van der Waals surface area contributed by atoms with Gasteiger partial charge in [0.25, 0.3) is 0 Å². The molecule has 1 fully saturated rings. The highest BCUT2D eigenvalue weighted by molar-refractivity contribution is 5.78. The summed E-state index contributed by atoms with van der Waals surface area (Å²) in [5.41, 5.74) is -1.86. The Balaban J connectivity index is 3.19. The summed E-state index contributed by atoms with van der Waals surface area (Å²) in [5.74, 6) is 1.34. The predicted molar refractivity (Wildman–Crippen MR) is 170 cm³/mol. The summed E-state index contributed by atoms with van der Waals surface area (Å²) >= 11 is 0. The van der Waals surface area contributed by atoms with E-state index in [4.69, 9.17) is 20.6 Å². The van der Waals surface area contributed by atoms with E-state index in [-0.39, 0.29) is 50.0 Å². The Hall–Kier alpha value is -2.72. The molecule has 1 aliphatic rings. The van der Waals surface area contributed by atoms with Gasteiger partial charge >= 0.3 is 17.9 Å². The minimum absolute atomic E-state index is 0.0712. The van der Waals surface area contributed by atoms with E-state index in [2.05, 4.69) is 11.2 Å². The number of hydrogen-bond acceptors (Lipinski definition) is 11. The van der Waals surface area contributed by atoms with E-state index in [1.54, 1.807) is 0 Å². The molecule has 1 aliphatic heterocycles. The molecular formula is C32H57N5O7. The van der Waals surface area contributed by atoms with E-state index in [9.17, 15) is 19.2 Å². The van der Waals surface area contributed by atoms with Gasteiger partial charge in [-0.3, -0.25) is 38.8 Å². The number of esters is 3. The van der Waals surface area contributed by atoms with Gasteiger partial charge in [-0.25, -0.2) is 0 Å². The van der Waals surface area contributed by atoms with E-state index in [0.29, 0.717) is 65.3 Å². The van der Waals surface area contributed by atoms with Crippen molar-refractivity contribution < 1.29 is 33.4 Å². The molecule has 12 nitrogen and oxygen atoms in total. The third-order valence-electron chi connectivity index (χ3n) is 6.21. The largest absolute Gasteiger partial charge is 0.459 e. The van der Waals surface area contributed by atoms with Gasteiger partial charge in [0, 0.05) is 65.3 Å². The van der Waals surface area contributed by atoms with Gasteiger partial charge in [-0.05, 0) is 62.3 Å². The van der Waals surface area contributed by atoms with Gasteiger partial charge in [0.1, 0.15) is 16.8 Å². The molecule has 1 saturated heterocycles. The minimum Gasteiger partial charge on any atom is -0.459 e. The number of carbonyl (C=O) groups excluding carboxylic acids is 4. The monoisotopic (exact) mass is 623 g/mol. The molecule has 1 amide bonds. The van der Waals surface area contributed by atoms with Crippen LogP contribution < -0.4 is 5.32 Å². The van der Waals surface area contributed by atoms with Crippen LogP contribution in [0.2, 0.25) is 0 Å². The topological polar surface area (TPSA) is 121 Å². The summed E-state index contributed by atoms with van der Waals surface area (Å²) in [5, 5.41) is 2.85. The number of ether oxygens (including phenoxy) is 3. The van der Waals surface area contributed by atoms with E-state index in [1.807, 2.05) is 81.9 Å². The first-order chi connectivity index (χ1) is 20.2. The number of carbonyl (C=O) groups is 4. The molecule has 12 heteroatoms. The second-order valence-corrected chi connectivity index (χ2v) is 14.2. The maximum absolute atomic E-state index is 12.8. The number of nitrogens with one attached hydrogen (secondary N) is 1. The van der Waals surface area contributed by atoms with Crippen LogP contribution in [0.3, 0.4) is 0 Å². The van der Waals surface area contributed by atoms with Gasteiger partial charge in [0.2, 0.25) is 5.91 Å². The van der Waals surface area contributed by atoms with Gasteiger partial charge in [0.05, 0.1) is 26.2 Å². The molecule has 0 aliphatic carbocycles. The highest BCUT2D eigenvalue weighted by Crippen LogP contribution is 2.11. The van der Waals surface area contributed by atoms with Crippen LogP contribution in [0.1, 0.15) is 68.7 Å². The van der Waals surface area contributed by atoms with E-state index >= 15 is 0 Å². The fourth-order valence-electron chi connectivity index (χ4n) is 4.41. The lowest BCUT2D eigenvalue weighted by atomic mass is 10.2. The fraction of sp³-hybridized carbons (Fsp3) is 0.812. The maximum atomic E-state index is 12.8. The normalized spacial score (nSPS) is 17.5. The summed E-state index contributed by atoms with van der Waals surface area (Å²) in [6.45, 7) is 21.1. The van der Waals surface area contributed by atoms with Crippen LogP contribution in [-0.2, 0) is 33.4 Å². The average Bonchev–Trinajstić information content (AvgIpc) is 2.82. The molecule has 0 atom stereocenters. The maximum Gasteiger partial charge on any atom is 0.320 e. The zero-order valence-corrected chi connectivity index (χ0v) is 28.6. The summed E-state index contributed by atoms with van der Waals surface area (Å²) in [6.07, 6.45) is 5.76. The van der Waals surface area contributed by atoms with Gasteiger partial charge < -0.3 is 19.5 Å².